The van der Waals surface area contributed by atoms with Gasteiger partial charge in [-0.05, 0) is 68.9 Å². The molecule has 3 aromatic rings. The van der Waals surface area contributed by atoms with Gasteiger partial charge in [0, 0.05) is 16.4 Å². The summed E-state index contributed by atoms with van der Waals surface area (Å²) in [4.78, 5) is 13.6. The number of rotatable bonds is 6. The van der Waals surface area contributed by atoms with E-state index < -0.39 is 0 Å². The lowest BCUT2D eigenvalue weighted by Crippen LogP contribution is -2.09. The Kier molecular flexibility index (Phi) is 6.38. The first-order valence-electron chi connectivity index (χ1n) is 9.97. The molecular formula is C23H28ClN5. The molecule has 2 N–H and O–H groups in total. The van der Waals surface area contributed by atoms with E-state index >= 15 is 0 Å². The van der Waals surface area contributed by atoms with E-state index in [9.17, 15) is 0 Å². The van der Waals surface area contributed by atoms with Gasteiger partial charge in [0.1, 0.15) is 5.82 Å². The van der Waals surface area contributed by atoms with Crippen LogP contribution in [0.15, 0.2) is 24.3 Å². The molecule has 2 aromatic carbocycles. The van der Waals surface area contributed by atoms with Crippen LogP contribution in [-0.2, 0) is 12.8 Å². The van der Waals surface area contributed by atoms with E-state index in [1.165, 1.54) is 11.1 Å². The van der Waals surface area contributed by atoms with E-state index in [1.54, 1.807) is 0 Å². The second kappa shape index (κ2) is 8.78. The first kappa shape index (κ1) is 21.1. The van der Waals surface area contributed by atoms with Gasteiger partial charge in [-0.1, -0.05) is 49.2 Å². The van der Waals surface area contributed by atoms with Crippen LogP contribution < -0.4 is 10.6 Å². The van der Waals surface area contributed by atoms with Crippen molar-refractivity contribution in [3.05, 3.63) is 62.9 Å². The molecule has 0 saturated heterocycles. The minimum Gasteiger partial charge on any atom is -0.324 e. The number of hydrogen-bond donors (Lipinski definition) is 2. The first-order chi connectivity index (χ1) is 13.8. The van der Waals surface area contributed by atoms with E-state index in [0.717, 1.165) is 45.9 Å². The van der Waals surface area contributed by atoms with Crippen LogP contribution in [0.25, 0.3) is 0 Å². The van der Waals surface area contributed by atoms with E-state index in [-0.39, 0.29) is 0 Å². The van der Waals surface area contributed by atoms with Gasteiger partial charge in [-0.2, -0.15) is 15.0 Å². The summed E-state index contributed by atoms with van der Waals surface area (Å²) >= 11 is 6.44. The number of nitrogens with zero attached hydrogens (tertiary/aromatic N) is 3. The molecule has 5 nitrogen and oxygen atoms in total. The quantitative estimate of drug-likeness (QED) is 0.495. The van der Waals surface area contributed by atoms with E-state index in [4.69, 9.17) is 11.6 Å². The molecule has 152 valence electrons. The van der Waals surface area contributed by atoms with Crippen LogP contribution in [0, 0.1) is 27.7 Å². The van der Waals surface area contributed by atoms with Crippen molar-refractivity contribution >= 4 is 34.9 Å². The molecule has 29 heavy (non-hydrogen) atoms. The molecule has 0 amide bonds. The van der Waals surface area contributed by atoms with Gasteiger partial charge in [-0.3, -0.25) is 0 Å². The number of benzene rings is 2. The number of aromatic nitrogens is 3. The van der Waals surface area contributed by atoms with Gasteiger partial charge in [-0.15, -0.1) is 0 Å². The van der Waals surface area contributed by atoms with Gasteiger partial charge in [-0.25, -0.2) is 0 Å². The predicted molar refractivity (Wildman–Crippen MR) is 122 cm³/mol. The Hall–Kier alpha value is -2.66. The third-order valence-electron chi connectivity index (χ3n) is 4.97. The molecule has 6 heteroatoms. The maximum absolute atomic E-state index is 6.44. The SMILES string of the molecule is CCc1ccc(Cl)c(CC)c1Nc1nc(C)nc(Nc2c(C)cc(C)cc2C)n1. The van der Waals surface area contributed by atoms with Crippen molar-refractivity contribution in [3.63, 3.8) is 0 Å². The zero-order valence-corrected chi connectivity index (χ0v) is 18.7. The summed E-state index contributed by atoms with van der Waals surface area (Å²) in [7, 11) is 0. The van der Waals surface area contributed by atoms with Crippen LogP contribution in [-0.4, -0.2) is 15.0 Å². The van der Waals surface area contributed by atoms with Gasteiger partial charge in [0.15, 0.2) is 0 Å². The molecule has 0 spiro atoms. The Labute approximate surface area is 178 Å². The average Bonchev–Trinajstić information content (AvgIpc) is 2.65. The minimum absolute atomic E-state index is 0.508. The van der Waals surface area contributed by atoms with Crippen LogP contribution in [0.4, 0.5) is 23.3 Å². The number of halogens is 1. The summed E-state index contributed by atoms with van der Waals surface area (Å²) in [5.41, 5.74) is 7.82. The molecule has 0 aliphatic heterocycles. The Morgan fingerprint density at radius 2 is 1.38 bits per heavy atom. The fourth-order valence-corrected chi connectivity index (χ4v) is 3.95. The fourth-order valence-electron chi connectivity index (χ4n) is 3.66. The largest absolute Gasteiger partial charge is 0.324 e. The number of anilines is 4. The van der Waals surface area contributed by atoms with Crippen molar-refractivity contribution in [2.45, 2.75) is 54.4 Å². The van der Waals surface area contributed by atoms with Crippen LogP contribution >= 0.6 is 11.6 Å². The minimum atomic E-state index is 0.508. The Balaban J connectivity index is 1.99. The highest BCUT2D eigenvalue weighted by molar-refractivity contribution is 6.31. The monoisotopic (exact) mass is 409 g/mol. The highest BCUT2D eigenvalue weighted by atomic mass is 35.5. The molecule has 0 aliphatic rings. The topological polar surface area (TPSA) is 62.7 Å². The Bertz CT molecular complexity index is 1020. The van der Waals surface area contributed by atoms with Crippen molar-refractivity contribution < 1.29 is 0 Å². The number of nitrogens with one attached hydrogen (secondary N) is 2. The zero-order valence-electron chi connectivity index (χ0n) is 17.9. The molecule has 0 atom stereocenters. The maximum atomic E-state index is 6.44. The molecular weight excluding hydrogens is 382 g/mol. The summed E-state index contributed by atoms with van der Waals surface area (Å²) in [6, 6.07) is 8.31. The van der Waals surface area contributed by atoms with E-state index in [2.05, 4.69) is 78.4 Å². The lowest BCUT2D eigenvalue weighted by molar-refractivity contribution is 0.982. The summed E-state index contributed by atoms with van der Waals surface area (Å²) in [5.74, 6) is 1.67. The molecule has 0 aliphatic carbocycles. The smallest absolute Gasteiger partial charge is 0.232 e. The van der Waals surface area contributed by atoms with E-state index in [0.29, 0.717) is 17.7 Å². The standard InChI is InChI=1S/C23H28ClN5/c1-7-17-9-10-19(24)18(8-2)21(17)28-23-26-16(6)25-22(29-23)27-20-14(4)11-13(3)12-15(20)5/h9-12H,7-8H2,1-6H3,(H2,25,26,27,28,29). The van der Waals surface area contributed by atoms with Crippen molar-refractivity contribution in [2.75, 3.05) is 10.6 Å². The summed E-state index contributed by atoms with van der Waals surface area (Å²) < 4.78 is 0. The highest BCUT2D eigenvalue weighted by Gasteiger charge is 2.14. The molecule has 0 fully saturated rings. The molecule has 1 heterocycles. The molecule has 0 saturated carbocycles. The van der Waals surface area contributed by atoms with Crippen molar-refractivity contribution in [2.24, 2.45) is 0 Å². The van der Waals surface area contributed by atoms with Gasteiger partial charge < -0.3 is 10.6 Å². The van der Waals surface area contributed by atoms with Gasteiger partial charge >= 0.3 is 0 Å². The number of aryl methyl sites for hydroxylation is 5. The zero-order chi connectivity index (χ0) is 21.1. The van der Waals surface area contributed by atoms with Gasteiger partial charge in [0.25, 0.3) is 0 Å². The molecule has 3 rings (SSSR count). The fraction of sp³-hybridized carbons (Fsp3) is 0.348. The van der Waals surface area contributed by atoms with Crippen LogP contribution in [0.5, 0.6) is 0 Å². The third kappa shape index (κ3) is 4.67. The lowest BCUT2D eigenvalue weighted by Gasteiger charge is -2.17. The first-order valence-corrected chi connectivity index (χ1v) is 10.3. The molecule has 0 unspecified atom stereocenters. The van der Waals surface area contributed by atoms with Crippen molar-refractivity contribution in [3.8, 4) is 0 Å². The molecule has 0 bridgehead atoms. The Morgan fingerprint density at radius 1 is 0.793 bits per heavy atom. The molecule has 1 aromatic heterocycles. The molecule has 0 radical (unpaired) electrons. The van der Waals surface area contributed by atoms with Gasteiger partial charge in [0.05, 0.1) is 0 Å². The van der Waals surface area contributed by atoms with Crippen LogP contribution in [0.3, 0.4) is 0 Å². The Morgan fingerprint density at radius 3 is 1.93 bits per heavy atom. The lowest BCUT2D eigenvalue weighted by atomic mass is 10.0. The summed E-state index contributed by atoms with van der Waals surface area (Å²) in [6.07, 6.45) is 1.72. The summed E-state index contributed by atoms with van der Waals surface area (Å²) in [6.45, 7) is 12.4. The second-order valence-electron chi connectivity index (χ2n) is 7.32. The maximum Gasteiger partial charge on any atom is 0.232 e. The van der Waals surface area contributed by atoms with Crippen LogP contribution in [0.2, 0.25) is 5.02 Å². The third-order valence-corrected chi connectivity index (χ3v) is 5.33. The van der Waals surface area contributed by atoms with Gasteiger partial charge in [0.2, 0.25) is 11.9 Å². The van der Waals surface area contributed by atoms with Crippen molar-refractivity contribution in [1.29, 1.82) is 0 Å². The average molecular weight is 410 g/mol. The van der Waals surface area contributed by atoms with Crippen molar-refractivity contribution in [1.82, 2.24) is 15.0 Å². The normalized spacial score (nSPS) is 10.9. The van der Waals surface area contributed by atoms with E-state index in [1.807, 2.05) is 13.0 Å². The number of hydrogen-bond acceptors (Lipinski definition) is 5. The highest BCUT2D eigenvalue weighted by Crippen LogP contribution is 2.31. The summed E-state index contributed by atoms with van der Waals surface area (Å²) in [5, 5.41) is 7.53. The second-order valence-corrected chi connectivity index (χ2v) is 7.73. The predicted octanol–water partition coefficient (Wildman–Crippen LogP) is 6.37. The van der Waals surface area contributed by atoms with Crippen LogP contribution in [0.1, 0.15) is 47.5 Å².